The number of aliphatic hydroxyl groups is 1. The molecule has 8 heteroatoms. The van der Waals surface area contributed by atoms with Crippen LogP contribution in [-0.4, -0.2) is 56.0 Å². The van der Waals surface area contributed by atoms with Crippen LogP contribution in [0.5, 0.6) is 0 Å². The summed E-state index contributed by atoms with van der Waals surface area (Å²) < 4.78 is 1.61. The third kappa shape index (κ3) is 3.27. The second-order valence-corrected chi connectivity index (χ2v) is 6.16. The van der Waals surface area contributed by atoms with E-state index in [-0.39, 0.29) is 25.4 Å². The van der Waals surface area contributed by atoms with Gasteiger partial charge in [0.2, 0.25) is 0 Å². The molecule has 7 nitrogen and oxygen atoms in total. The lowest BCUT2D eigenvalue weighted by atomic mass is 10.0. The summed E-state index contributed by atoms with van der Waals surface area (Å²) in [6, 6.07) is 6.77. The van der Waals surface area contributed by atoms with Crippen molar-refractivity contribution in [2.45, 2.75) is 12.5 Å². The first kappa shape index (κ1) is 16.5. The Hall–Kier alpha value is -2.38. The molecule has 0 spiro atoms. The van der Waals surface area contributed by atoms with Crippen molar-refractivity contribution in [3.63, 3.8) is 0 Å². The average molecular weight is 350 g/mol. The number of carboxylic acids is 1. The fourth-order valence-corrected chi connectivity index (χ4v) is 3.05. The molecule has 1 saturated heterocycles. The number of rotatable bonds is 4. The third-order valence-corrected chi connectivity index (χ3v) is 4.41. The smallest absolute Gasteiger partial charge is 0.303 e. The van der Waals surface area contributed by atoms with Gasteiger partial charge in [-0.1, -0.05) is 11.6 Å². The Kier molecular flexibility index (Phi) is 4.55. The van der Waals surface area contributed by atoms with Crippen LogP contribution in [0.3, 0.4) is 0 Å². The van der Waals surface area contributed by atoms with Crippen LogP contribution in [0.4, 0.5) is 0 Å². The lowest BCUT2D eigenvalue weighted by molar-refractivity contribution is -0.138. The molecule has 1 aromatic heterocycles. The number of carboxylic acid groups (broad SMARTS) is 1. The molecule has 2 N–H and O–H groups in total. The molecule has 126 valence electrons. The van der Waals surface area contributed by atoms with Crippen LogP contribution in [0.15, 0.2) is 36.7 Å². The number of likely N-dealkylation sites (tertiary alicyclic amines) is 1. The lowest BCUT2D eigenvalue weighted by Crippen LogP contribution is -2.30. The number of aliphatic hydroxyl groups excluding tert-OH is 1. The van der Waals surface area contributed by atoms with Crippen LogP contribution in [0.2, 0.25) is 5.02 Å². The second-order valence-electron chi connectivity index (χ2n) is 5.75. The highest BCUT2D eigenvalue weighted by Gasteiger charge is 2.36. The Morgan fingerprint density at radius 3 is 2.79 bits per heavy atom. The molecular formula is C16H16ClN3O4. The van der Waals surface area contributed by atoms with Crippen LogP contribution < -0.4 is 0 Å². The summed E-state index contributed by atoms with van der Waals surface area (Å²) in [6.07, 6.45) is 2.35. The Bertz CT molecular complexity index is 763. The highest BCUT2D eigenvalue weighted by molar-refractivity contribution is 6.33. The summed E-state index contributed by atoms with van der Waals surface area (Å²) in [6.45, 7) is 0.285. The quantitative estimate of drug-likeness (QED) is 0.870. The maximum absolute atomic E-state index is 12.7. The molecule has 0 bridgehead atoms. The van der Waals surface area contributed by atoms with Gasteiger partial charge < -0.3 is 15.1 Å². The molecule has 0 unspecified atom stereocenters. The molecule has 0 saturated carbocycles. The predicted octanol–water partition coefficient (Wildman–Crippen LogP) is 1.43. The van der Waals surface area contributed by atoms with Gasteiger partial charge in [0.25, 0.3) is 5.91 Å². The minimum Gasteiger partial charge on any atom is -0.481 e. The molecule has 1 aliphatic rings. The maximum atomic E-state index is 12.7. The number of β-amino-alcohol motifs (C(OH)–C–C–N with tert-alkyl or cyclic N) is 1. The highest BCUT2D eigenvalue weighted by atomic mass is 35.5. The van der Waals surface area contributed by atoms with Crippen LogP contribution in [0, 0.1) is 5.92 Å². The van der Waals surface area contributed by atoms with E-state index in [1.54, 1.807) is 41.3 Å². The molecule has 3 rings (SSSR count). The van der Waals surface area contributed by atoms with E-state index in [1.807, 2.05) is 0 Å². The highest BCUT2D eigenvalue weighted by Crippen LogP contribution is 2.26. The van der Waals surface area contributed by atoms with Gasteiger partial charge in [-0.05, 0) is 24.3 Å². The SMILES string of the molecule is O=C(O)C[C@@H]1CN(C(=O)c2cc(-n3cccn3)ccc2Cl)C[C@H]1O. The fraction of sp³-hybridized carbons (Fsp3) is 0.312. The van der Waals surface area contributed by atoms with Gasteiger partial charge >= 0.3 is 5.97 Å². The average Bonchev–Trinajstić information content (AvgIpc) is 3.17. The number of nitrogens with zero attached hydrogens (tertiary/aromatic N) is 3. The van der Waals surface area contributed by atoms with Gasteiger partial charge in [-0.3, -0.25) is 9.59 Å². The molecule has 2 aromatic rings. The summed E-state index contributed by atoms with van der Waals surface area (Å²) >= 11 is 6.15. The number of hydrogen-bond donors (Lipinski definition) is 2. The number of hydrogen-bond acceptors (Lipinski definition) is 4. The zero-order valence-electron chi connectivity index (χ0n) is 12.7. The summed E-state index contributed by atoms with van der Waals surface area (Å²) in [4.78, 5) is 25.0. The van der Waals surface area contributed by atoms with E-state index in [4.69, 9.17) is 16.7 Å². The normalized spacial score (nSPS) is 20.3. The molecule has 24 heavy (non-hydrogen) atoms. The topological polar surface area (TPSA) is 95.7 Å². The van der Waals surface area contributed by atoms with E-state index in [1.165, 1.54) is 4.90 Å². The third-order valence-electron chi connectivity index (χ3n) is 4.08. The van der Waals surface area contributed by atoms with Gasteiger partial charge in [-0.25, -0.2) is 4.68 Å². The van der Waals surface area contributed by atoms with Crippen molar-refractivity contribution in [3.8, 4) is 5.69 Å². The number of carbonyl (C=O) groups is 2. The van der Waals surface area contributed by atoms with Crippen molar-refractivity contribution in [1.82, 2.24) is 14.7 Å². The van der Waals surface area contributed by atoms with Crippen LogP contribution >= 0.6 is 11.6 Å². The van der Waals surface area contributed by atoms with Crippen molar-refractivity contribution >= 4 is 23.5 Å². The number of amides is 1. The molecule has 1 aliphatic heterocycles. The second kappa shape index (κ2) is 6.62. The van der Waals surface area contributed by atoms with E-state index >= 15 is 0 Å². The number of halogens is 1. The summed E-state index contributed by atoms with van der Waals surface area (Å²) in [5.41, 5.74) is 0.988. The maximum Gasteiger partial charge on any atom is 0.303 e. The monoisotopic (exact) mass is 349 g/mol. The molecular weight excluding hydrogens is 334 g/mol. The predicted molar refractivity (Wildman–Crippen MR) is 86.2 cm³/mol. The van der Waals surface area contributed by atoms with Gasteiger partial charge in [0, 0.05) is 31.4 Å². The van der Waals surface area contributed by atoms with E-state index < -0.39 is 18.0 Å². The molecule has 2 atom stereocenters. The molecule has 0 aliphatic carbocycles. The Labute approximate surface area is 143 Å². The Morgan fingerprint density at radius 2 is 2.12 bits per heavy atom. The van der Waals surface area contributed by atoms with E-state index in [0.717, 1.165) is 0 Å². The zero-order valence-corrected chi connectivity index (χ0v) is 13.4. The molecule has 1 fully saturated rings. The first-order valence-corrected chi connectivity index (χ1v) is 7.82. The minimum atomic E-state index is -0.993. The van der Waals surface area contributed by atoms with Crippen molar-refractivity contribution in [2.75, 3.05) is 13.1 Å². The first-order chi connectivity index (χ1) is 11.5. The van der Waals surface area contributed by atoms with Crippen molar-refractivity contribution < 1.29 is 19.8 Å². The van der Waals surface area contributed by atoms with Crippen molar-refractivity contribution in [1.29, 1.82) is 0 Å². The van der Waals surface area contributed by atoms with Gasteiger partial charge in [0.05, 0.1) is 28.8 Å². The fourth-order valence-electron chi connectivity index (χ4n) is 2.86. The number of benzene rings is 1. The Balaban J connectivity index is 1.83. The largest absolute Gasteiger partial charge is 0.481 e. The number of aromatic nitrogens is 2. The van der Waals surface area contributed by atoms with Gasteiger partial charge in [-0.15, -0.1) is 0 Å². The van der Waals surface area contributed by atoms with Gasteiger partial charge in [-0.2, -0.15) is 5.10 Å². The summed E-state index contributed by atoms with van der Waals surface area (Å²) in [5.74, 6) is -1.80. The van der Waals surface area contributed by atoms with Crippen LogP contribution in [-0.2, 0) is 4.79 Å². The molecule has 2 heterocycles. The van der Waals surface area contributed by atoms with E-state index in [0.29, 0.717) is 16.3 Å². The standard InChI is InChI=1S/C16H16ClN3O4/c17-13-3-2-11(20-5-1-4-18-20)7-12(13)16(24)19-8-10(6-15(22)23)14(21)9-19/h1-5,7,10,14,21H,6,8-9H2,(H,22,23)/t10-,14-/m1/s1. The summed E-state index contributed by atoms with van der Waals surface area (Å²) in [5, 5.41) is 23.3. The Morgan fingerprint density at radius 1 is 1.33 bits per heavy atom. The van der Waals surface area contributed by atoms with Gasteiger partial charge in [0.1, 0.15) is 0 Å². The molecule has 1 aromatic carbocycles. The van der Waals surface area contributed by atoms with Gasteiger partial charge in [0.15, 0.2) is 0 Å². The minimum absolute atomic E-state index is 0.0963. The summed E-state index contributed by atoms with van der Waals surface area (Å²) in [7, 11) is 0. The molecule has 1 amide bonds. The molecule has 0 radical (unpaired) electrons. The lowest BCUT2D eigenvalue weighted by Gasteiger charge is -2.17. The zero-order chi connectivity index (χ0) is 17.3. The number of aliphatic carboxylic acids is 1. The van der Waals surface area contributed by atoms with Crippen molar-refractivity contribution in [2.24, 2.45) is 5.92 Å². The van der Waals surface area contributed by atoms with E-state index in [9.17, 15) is 14.7 Å². The van der Waals surface area contributed by atoms with Crippen LogP contribution in [0.1, 0.15) is 16.8 Å². The van der Waals surface area contributed by atoms with Crippen molar-refractivity contribution in [3.05, 3.63) is 47.2 Å². The van der Waals surface area contributed by atoms with Crippen LogP contribution in [0.25, 0.3) is 5.69 Å². The first-order valence-electron chi connectivity index (χ1n) is 7.44. The van der Waals surface area contributed by atoms with E-state index in [2.05, 4.69) is 5.10 Å². The number of carbonyl (C=O) groups excluding carboxylic acids is 1.